The molecule has 1 aromatic carbocycles. The molecule has 2 aliphatic rings. The van der Waals surface area contributed by atoms with Crippen LogP contribution in [0.4, 0.5) is 5.69 Å². The van der Waals surface area contributed by atoms with Crippen molar-refractivity contribution in [3.63, 3.8) is 0 Å². The Labute approximate surface area is 146 Å². The van der Waals surface area contributed by atoms with Crippen molar-refractivity contribution in [3.05, 3.63) is 24.3 Å². The fourth-order valence-electron chi connectivity index (χ4n) is 3.59. The molecule has 2 amide bonds. The van der Waals surface area contributed by atoms with Gasteiger partial charge in [-0.1, -0.05) is 12.1 Å². The monoisotopic (exact) mass is 346 g/mol. The molecule has 7 nitrogen and oxygen atoms in total. The molecule has 0 aliphatic carbocycles. The third kappa shape index (κ3) is 3.31. The number of rotatable bonds is 5. The molecule has 2 heterocycles. The lowest BCUT2D eigenvalue weighted by Crippen LogP contribution is -2.44. The number of aliphatic carboxylic acids is 1. The van der Waals surface area contributed by atoms with Crippen LogP contribution in [0.3, 0.4) is 0 Å². The lowest BCUT2D eigenvalue weighted by Gasteiger charge is -2.25. The summed E-state index contributed by atoms with van der Waals surface area (Å²) in [5.74, 6) is -1.27. The number of hydrogen-bond acceptors (Lipinski definition) is 4. The molecule has 0 saturated carbocycles. The van der Waals surface area contributed by atoms with Crippen LogP contribution in [0, 0.1) is 5.92 Å². The summed E-state index contributed by atoms with van der Waals surface area (Å²) in [6, 6.07) is 6.47. The largest absolute Gasteiger partial charge is 0.492 e. The fourth-order valence-corrected chi connectivity index (χ4v) is 3.59. The Morgan fingerprint density at radius 3 is 2.80 bits per heavy atom. The van der Waals surface area contributed by atoms with Crippen LogP contribution in [-0.4, -0.2) is 53.5 Å². The third-order valence-electron chi connectivity index (χ3n) is 4.75. The summed E-state index contributed by atoms with van der Waals surface area (Å²) in [4.78, 5) is 39.5. The summed E-state index contributed by atoms with van der Waals surface area (Å²) >= 11 is 0. The van der Waals surface area contributed by atoms with E-state index in [9.17, 15) is 19.5 Å². The molecule has 0 radical (unpaired) electrons. The maximum Gasteiger partial charge on any atom is 0.326 e. The van der Waals surface area contributed by atoms with Gasteiger partial charge in [0, 0.05) is 19.5 Å². The highest BCUT2D eigenvalue weighted by atomic mass is 16.5. The van der Waals surface area contributed by atoms with Crippen LogP contribution in [0.25, 0.3) is 0 Å². The van der Waals surface area contributed by atoms with Crippen LogP contribution < -0.4 is 9.64 Å². The van der Waals surface area contributed by atoms with Crippen molar-refractivity contribution in [1.29, 1.82) is 0 Å². The molecule has 1 unspecified atom stereocenters. The Balaban J connectivity index is 1.77. The molecular weight excluding hydrogens is 324 g/mol. The summed E-state index contributed by atoms with van der Waals surface area (Å²) in [5.41, 5.74) is 0.654. The Morgan fingerprint density at radius 1 is 1.32 bits per heavy atom. The SMILES string of the molecule is CCOc1ccccc1N1CC(C(=O)N2CCC[C@@H]2C(=O)O)CC1=O. The molecule has 2 atom stereocenters. The quantitative estimate of drug-likeness (QED) is 0.873. The molecule has 134 valence electrons. The van der Waals surface area contributed by atoms with Gasteiger partial charge >= 0.3 is 5.97 Å². The maximum absolute atomic E-state index is 12.7. The van der Waals surface area contributed by atoms with Crippen LogP contribution in [0.1, 0.15) is 26.2 Å². The summed E-state index contributed by atoms with van der Waals surface area (Å²) < 4.78 is 5.57. The Morgan fingerprint density at radius 2 is 2.08 bits per heavy atom. The first kappa shape index (κ1) is 17.3. The maximum atomic E-state index is 12.7. The predicted octanol–water partition coefficient (Wildman–Crippen LogP) is 1.51. The van der Waals surface area contributed by atoms with Crippen LogP contribution in [0.2, 0.25) is 0 Å². The number of carboxylic acid groups (broad SMARTS) is 1. The van der Waals surface area contributed by atoms with Crippen LogP contribution in [0.15, 0.2) is 24.3 Å². The van der Waals surface area contributed by atoms with E-state index >= 15 is 0 Å². The molecular formula is C18H22N2O5. The van der Waals surface area contributed by atoms with E-state index in [1.54, 1.807) is 17.0 Å². The van der Waals surface area contributed by atoms with Crippen molar-refractivity contribution >= 4 is 23.5 Å². The highest BCUT2D eigenvalue weighted by Crippen LogP contribution is 2.34. The highest BCUT2D eigenvalue weighted by molar-refractivity contribution is 6.01. The zero-order valence-electron chi connectivity index (χ0n) is 14.2. The second kappa shape index (κ2) is 7.13. The smallest absolute Gasteiger partial charge is 0.326 e. The minimum atomic E-state index is -0.978. The van der Waals surface area contributed by atoms with E-state index in [0.717, 1.165) is 0 Å². The van der Waals surface area contributed by atoms with Gasteiger partial charge in [0.25, 0.3) is 0 Å². The average Bonchev–Trinajstić information content (AvgIpc) is 3.22. The zero-order chi connectivity index (χ0) is 18.0. The van der Waals surface area contributed by atoms with E-state index in [2.05, 4.69) is 0 Å². The average molecular weight is 346 g/mol. The molecule has 1 N–H and O–H groups in total. The van der Waals surface area contributed by atoms with Gasteiger partial charge in [-0.25, -0.2) is 4.79 Å². The van der Waals surface area contributed by atoms with Gasteiger partial charge < -0.3 is 19.6 Å². The molecule has 2 aliphatic heterocycles. The van der Waals surface area contributed by atoms with Gasteiger partial charge in [0.1, 0.15) is 11.8 Å². The number of hydrogen-bond donors (Lipinski definition) is 1. The van der Waals surface area contributed by atoms with Crippen molar-refractivity contribution in [2.24, 2.45) is 5.92 Å². The molecule has 25 heavy (non-hydrogen) atoms. The number of ether oxygens (including phenoxy) is 1. The number of likely N-dealkylation sites (tertiary alicyclic amines) is 1. The van der Waals surface area contributed by atoms with Crippen molar-refractivity contribution in [1.82, 2.24) is 4.90 Å². The van der Waals surface area contributed by atoms with Gasteiger partial charge in [-0.3, -0.25) is 9.59 Å². The fraction of sp³-hybridized carbons (Fsp3) is 0.500. The van der Waals surface area contributed by atoms with Crippen LogP contribution in [0.5, 0.6) is 5.75 Å². The molecule has 0 aromatic heterocycles. The van der Waals surface area contributed by atoms with E-state index in [1.807, 2.05) is 19.1 Å². The van der Waals surface area contributed by atoms with Gasteiger partial charge in [-0.2, -0.15) is 0 Å². The number of para-hydroxylation sites is 2. The van der Waals surface area contributed by atoms with E-state index in [4.69, 9.17) is 4.74 Å². The molecule has 0 bridgehead atoms. The Kier molecular flexibility index (Phi) is 4.92. The normalized spacial score (nSPS) is 23.2. The lowest BCUT2D eigenvalue weighted by molar-refractivity contribution is -0.149. The molecule has 0 spiro atoms. The summed E-state index contributed by atoms with van der Waals surface area (Å²) in [5, 5.41) is 9.27. The topological polar surface area (TPSA) is 87.2 Å². The van der Waals surface area contributed by atoms with E-state index in [1.165, 1.54) is 4.90 Å². The molecule has 2 fully saturated rings. The van der Waals surface area contributed by atoms with Gasteiger partial charge in [0.05, 0.1) is 18.2 Å². The number of benzene rings is 1. The molecule has 3 rings (SSSR count). The van der Waals surface area contributed by atoms with Crippen LogP contribution >= 0.6 is 0 Å². The van der Waals surface area contributed by atoms with Crippen LogP contribution in [-0.2, 0) is 14.4 Å². The number of amides is 2. The van der Waals surface area contributed by atoms with E-state index in [-0.39, 0.29) is 24.8 Å². The summed E-state index contributed by atoms with van der Waals surface area (Å²) in [7, 11) is 0. The van der Waals surface area contributed by atoms with Gasteiger partial charge in [0.2, 0.25) is 11.8 Å². The van der Waals surface area contributed by atoms with Gasteiger partial charge in [-0.05, 0) is 31.9 Å². The third-order valence-corrected chi connectivity index (χ3v) is 4.75. The van der Waals surface area contributed by atoms with Gasteiger partial charge in [-0.15, -0.1) is 0 Å². The minimum absolute atomic E-state index is 0.0993. The van der Waals surface area contributed by atoms with Crippen molar-refractivity contribution in [2.75, 3.05) is 24.6 Å². The minimum Gasteiger partial charge on any atom is -0.492 e. The number of anilines is 1. The summed E-state index contributed by atoms with van der Waals surface area (Å²) in [6.07, 6.45) is 1.25. The second-order valence-corrected chi connectivity index (χ2v) is 6.33. The number of carbonyl (C=O) groups is 3. The number of nitrogens with zero attached hydrogens (tertiary/aromatic N) is 2. The van der Waals surface area contributed by atoms with Crippen molar-refractivity contribution < 1.29 is 24.2 Å². The number of carbonyl (C=O) groups excluding carboxylic acids is 2. The van der Waals surface area contributed by atoms with Gasteiger partial charge in [0.15, 0.2) is 0 Å². The molecule has 2 saturated heterocycles. The lowest BCUT2D eigenvalue weighted by atomic mass is 10.1. The first-order valence-corrected chi connectivity index (χ1v) is 8.58. The van der Waals surface area contributed by atoms with Crippen molar-refractivity contribution in [2.45, 2.75) is 32.2 Å². The predicted molar refractivity (Wildman–Crippen MR) is 90.4 cm³/mol. The standard InChI is InChI=1S/C18H22N2O5/c1-2-25-15-8-4-3-6-13(15)20-11-12(10-16(20)21)17(22)19-9-5-7-14(19)18(23)24/h3-4,6,8,12,14H,2,5,7,9-11H2,1H3,(H,23,24)/t12?,14-/m1/s1. The van der Waals surface area contributed by atoms with E-state index in [0.29, 0.717) is 37.4 Å². The first-order valence-electron chi connectivity index (χ1n) is 8.58. The Hall–Kier alpha value is -2.57. The van der Waals surface area contributed by atoms with E-state index < -0.39 is 17.9 Å². The molecule has 1 aromatic rings. The summed E-state index contributed by atoms with van der Waals surface area (Å²) in [6.45, 7) is 3.05. The first-order chi connectivity index (χ1) is 12.0. The Bertz CT molecular complexity index is 690. The van der Waals surface area contributed by atoms with Crippen molar-refractivity contribution in [3.8, 4) is 5.75 Å². The number of carboxylic acids is 1. The highest BCUT2D eigenvalue weighted by Gasteiger charge is 2.42. The second-order valence-electron chi connectivity index (χ2n) is 6.33. The molecule has 7 heteroatoms. The zero-order valence-corrected chi connectivity index (χ0v) is 14.2.